The molecule has 0 atom stereocenters. The van der Waals surface area contributed by atoms with E-state index in [0.29, 0.717) is 11.3 Å². The molecule has 7 heteroatoms. The summed E-state index contributed by atoms with van der Waals surface area (Å²) in [5, 5.41) is 2.36. The third-order valence-corrected chi connectivity index (χ3v) is 7.63. The van der Waals surface area contributed by atoms with Crippen molar-refractivity contribution in [1.82, 2.24) is 9.88 Å². The van der Waals surface area contributed by atoms with Gasteiger partial charge < -0.3 is 4.57 Å². The van der Waals surface area contributed by atoms with Gasteiger partial charge in [-0.1, -0.05) is 82.7 Å². The highest BCUT2D eigenvalue weighted by Crippen LogP contribution is 2.38. The topological polar surface area (TPSA) is 71.4 Å². The number of halogens is 1. The highest BCUT2D eigenvalue weighted by atomic mass is 79.9. The van der Waals surface area contributed by atoms with Gasteiger partial charge in [-0.3, -0.25) is 14.9 Å². The van der Waals surface area contributed by atoms with Crippen LogP contribution in [0.1, 0.15) is 16.7 Å². The van der Waals surface area contributed by atoms with E-state index >= 15 is 0 Å². The Labute approximate surface area is 252 Å². The molecule has 0 bridgehead atoms. The first kappa shape index (κ1) is 27.2. The van der Waals surface area contributed by atoms with Gasteiger partial charge >= 0.3 is 6.03 Å². The average Bonchev–Trinajstić information content (AvgIpc) is 3.35. The lowest BCUT2D eigenvalue weighted by atomic mass is 10.0. The molecule has 0 aliphatic carbocycles. The Morgan fingerprint density at radius 3 is 1.90 bits per heavy atom. The normalized spacial score (nSPS) is 14.4. The van der Waals surface area contributed by atoms with E-state index in [4.69, 9.17) is 0 Å². The quantitative estimate of drug-likeness (QED) is 0.162. The molecule has 42 heavy (non-hydrogen) atoms. The predicted octanol–water partition coefficient (Wildman–Crippen LogP) is 7.86. The fourth-order valence-electron chi connectivity index (χ4n) is 5.34. The van der Waals surface area contributed by atoms with Gasteiger partial charge in [0.2, 0.25) is 0 Å². The second-order valence-electron chi connectivity index (χ2n) is 10.2. The molecule has 1 aromatic heterocycles. The summed E-state index contributed by atoms with van der Waals surface area (Å²) in [6, 6.07) is 34.4. The molecule has 1 saturated heterocycles. The van der Waals surface area contributed by atoms with E-state index in [0.717, 1.165) is 48.7 Å². The SMILES string of the molecule is Cc1cc(C)cc(N2C(=O)NC(=O)C(=Cc3cc(-c4ccccc4)n(-c4ccc(Br)cc4)c3-c3ccccc3)C2=O)c1. The Bertz CT molecular complexity index is 1850. The molecule has 1 fully saturated rings. The van der Waals surface area contributed by atoms with Crippen LogP contribution in [0.25, 0.3) is 34.3 Å². The van der Waals surface area contributed by atoms with Crippen molar-refractivity contribution in [2.75, 3.05) is 4.90 Å². The van der Waals surface area contributed by atoms with Gasteiger partial charge in [-0.15, -0.1) is 0 Å². The molecule has 1 aliphatic heterocycles. The van der Waals surface area contributed by atoms with Crippen molar-refractivity contribution in [2.24, 2.45) is 0 Å². The van der Waals surface area contributed by atoms with Gasteiger partial charge in [0.15, 0.2) is 0 Å². The van der Waals surface area contributed by atoms with Crippen LogP contribution < -0.4 is 10.2 Å². The van der Waals surface area contributed by atoms with Crippen molar-refractivity contribution >= 4 is 45.5 Å². The number of hydrogen-bond donors (Lipinski definition) is 1. The van der Waals surface area contributed by atoms with Crippen LogP contribution in [-0.4, -0.2) is 22.4 Å². The number of barbiturate groups is 1. The number of carbonyl (C=O) groups is 3. The standard InChI is InChI=1S/C35H26BrN3O3/c1-22-17-23(2)19-29(18-22)39-34(41)30(33(40)37-35(39)42)20-26-21-31(24-9-5-3-6-10-24)38(28-15-13-27(36)14-16-28)32(26)25-11-7-4-8-12-25/h3-21H,1-2H3,(H,37,40,42). The van der Waals surface area contributed by atoms with Gasteiger partial charge in [0, 0.05) is 15.7 Å². The number of amides is 4. The molecule has 4 amide bonds. The first-order chi connectivity index (χ1) is 20.3. The summed E-state index contributed by atoms with van der Waals surface area (Å²) in [6.07, 6.45) is 1.59. The molecule has 1 N–H and O–H groups in total. The summed E-state index contributed by atoms with van der Waals surface area (Å²) in [4.78, 5) is 41.0. The molecule has 0 spiro atoms. The fraction of sp³-hybridized carbons (Fsp3) is 0.0571. The smallest absolute Gasteiger partial charge is 0.309 e. The van der Waals surface area contributed by atoms with Crippen LogP contribution in [0, 0.1) is 13.8 Å². The Kier molecular flexibility index (Phi) is 7.19. The largest absolute Gasteiger partial charge is 0.335 e. The molecule has 5 aromatic rings. The lowest BCUT2D eigenvalue weighted by molar-refractivity contribution is -0.122. The van der Waals surface area contributed by atoms with Gasteiger partial charge in [0.25, 0.3) is 11.8 Å². The minimum atomic E-state index is -0.771. The molecule has 6 rings (SSSR count). The van der Waals surface area contributed by atoms with Gasteiger partial charge in [-0.2, -0.15) is 0 Å². The number of nitrogens with one attached hydrogen (secondary N) is 1. The van der Waals surface area contributed by atoms with Gasteiger partial charge in [-0.25, -0.2) is 9.69 Å². The zero-order valence-electron chi connectivity index (χ0n) is 23.0. The zero-order valence-corrected chi connectivity index (χ0v) is 24.6. The van der Waals surface area contributed by atoms with Crippen LogP contribution in [0.15, 0.2) is 119 Å². The molecule has 0 unspecified atom stereocenters. The fourth-order valence-corrected chi connectivity index (χ4v) is 5.60. The zero-order chi connectivity index (χ0) is 29.4. The Hall–Kier alpha value is -5.01. The number of rotatable bonds is 5. The van der Waals surface area contributed by atoms with Crippen molar-refractivity contribution in [1.29, 1.82) is 0 Å². The van der Waals surface area contributed by atoms with E-state index < -0.39 is 17.8 Å². The van der Waals surface area contributed by atoms with E-state index in [1.54, 1.807) is 18.2 Å². The maximum Gasteiger partial charge on any atom is 0.335 e. The summed E-state index contributed by atoms with van der Waals surface area (Å²) >= 11 is 3.53. The third-order valence-electron chi connectivity index (χ3n) is 7.10. The number of urea groups is 1. The number of hydrogen-bond acceptors (Lipinski definition) is 3. The summed E-state index contributed by atoms with van der Waals surface area (Å²) in [7, 11) is 0. The van der Waals surface area contributed by atoms with Crippen LogP contribution in [-0.2, 0) is 9.59 Å². The van der Waals surface area contributed by atoms with Gasteiger partial charge in [0.1, 0.15) is 5.57 Å². The minimum absolute atomic E-state index is 0.126. The number of aryl methyl sites for hydroxylation is 2. The first-order valence-electron chi connectivity index (χ1n) is 13.4. The van der Waals surface area contributed by atoms with Gasteiger partial charge in [0.05, 0.1) is 17.1 Å². The van der Waals surface area contributed by atoms with Crippen LogP contribution >= 0.6 is 15.9 Å². The lowest BCUT2D eigenvalue weighted by Crippen LogP contribution is -2.54. The van der Waals surface area contributed by atoms with E-state index in [1.165, 1.54) is 0 Å². The molecule has 4 aromatic carbocycles. The number of benzene rings is 4. The molecule has 0 radical (unpaired) electrons. The number of aromatic nitrogens is 1. The van der Waals surface area contributed by atoms with Crippen LogP contribution in [0.2, 0.25) is 0 Å². The molecular weight excluding hydrogens is 590 g/mol. The Morgan fingerprint density at radius 2 is 1.29 bits per heavy atom. The van der Waals surface area contributed by atoms with Gasteiger partial charge in [-0.05, 0) is 84.6 Å². The molecule has 0 saturated carbocycles. The van der Waals surface area contributed by atoms with Crippen LogP contribution in [0.3, 0.4) is 0 Å². The Balaban J connectivity index is 1.60. The summed E-state index contributed by atoms with van der Waals surface area (Å²) in [5.41, 5.74) is 7.22. The molecule has 2 heterocycles. The molecular formula is C35H26BrN3O3. The summed E-state index contributed by atoms with van der Waals surface area (Å²) in [5.74, 6) is -1.41. The molecule has 1 aliphatic rings. The number of anilines is 1. The Morgan fingerprint density at radius 1 is 0.690 bits per heavy atom. The van der Waals surface area contributed by atoms with E-state index in [2.05, 4.69) is 25.8 Å². The van der Waals surface area contributed by atoms with Crippen molar-refractivity contribution < 1.29 is 14.4 Å². The third kappa shape index (κ3) is 5.10. The number of imide groups is 2. The van der Waals surface area contributed by atoms with Crippen LogP contribution in [0.4, 0.5) is 10.5 Å². The van der Waals surface area contributed by atoms with Crippen molar-refractivity contribution in [3.8, 4) is 28.2 Å². The highest BCUT2D eigenvalue weighted by Gasteiger charge is 2.37. The van der Waals surface area contributed by atoms with E-state index in [9.17, 15) is 14.4 Å². The second kappa shape index (κ2) is 11.1. The second-order valence-corrected chi connectivity index (χ2v) is 11.1. The van der Waals surface area contributed by atoms with Crippen molar-refractivity contribution in [3.63, 3.8) is 0 Å². The average molecular weight is 617 g/mol. The highest BCUT2D eigenvalue weighted by molar-refractivity contribution is 9.10. The maximum absolute atomic E-state index is 13.9. The predicted molar refractivity (Wildman–Crippen MR) is 169 cm³/mol. The van der Waals surface area contributed by atoms with E-state index in [-0.39, 0.29) is 5.57 Å². The number of carbonyl (C=O) groups excluding carboxylic acids is 3. The lowest BCUT2D eigenvalue weighted by Gasteiger charge is -2.27. The maximum atomic E-state index is 13.9. The molecule has 206 valence electrons. The summed E-state index contributed by atoms with van der Waals surface area (Å²) < 4.78 is 3.07. The summed E-state index contributed by atoms with van der Waals surface area (Å²) in [6.45, 7) is 3.79. The number of nitrogens with zero attached hydrogens (tertiary/aromatic N) is 2. The monoisotopic (exact) mass is 615 g/mol. The van der Waals surface area contributed by atoms with Crippen molar-refractivity contribution in [2.45, 2.75) is 13.8 Å². The van der Waals surface area contributed by atoms with E-state index in [1.807, 2.05) is 111 Å². The molecule has 6 nitrogen and oxygen atoms in total. The minimum Gasteiger partial charge on any atom is -0.309 e. The van der Waals surface area contributed by atoms with Crippen molar-refractivity contribution in [3.05, 3.63) is 136 Å². The first-order valence-corrected chi connectivity index (χ1v) is 14.2. The van der Waals surface area contributed by atoms with Crippen LogP contribution in [0.5, 0.6) is 0 Å².